The number of aliphatic hydroxyl groups is 1. The Morgan fingerprint density at radius 1 is 1.19 bits per heavy atom. The van der Waals surface area contributed by atoms with Crippen LogP contribution in [0.1, 0.15) is 17.0 Å². The highest BCUT2D eigenvalue weighted by Gasteiger charge is 2.11. The van der Waals surface area contributed by atoms with Crippen LogP contribution in [-0.4, -0.2) is 41.3 Å². The fourth-order valence-corrected chi connectivity index (χ4v) is 2.28. The maximum Gasteiger partial charge on any atom is 0.0698 e. The second kappa shape index (κ2) is 7.93. The summed E-state index contributed by atoms with van der Waals surface area (Å²) in [6.07, 6.45) is 0. The summed E-state index contributed by atoms with van der Waals surface area (Å²) < 4.78 is 7.20. The van der Waals surface area contributed by atoms with Gasteiger partial charge < -0.3 is 15.2 Å². The van der Waals surface area contributed by atoms with E-state index in [1.807, 2.05) is 29.8 Å². The number of rotatable bonds is 8. The van der Waals surface area contributed by atoms with E-state index >= 15 is 0 Å². The van der Waals surface area contributed by atoms with E-state index in [0.717, 1.165) is 30.2 Å². The van der Waals surface area contributed by atoms with Gasteiger partial charge in [0, 0.05) is 24.3 Å². The standard InChI is InChI=1S/C16H23N3O2/c1-13-16(12-17-8-10-21-11-9-20)14(2)19(18-13)15-6-4-3-5-7-15/h3-7,17,20H,8-12H2,1-2H3. The maximum absolute atomic E-state index is 8.63. The van der Waals surface area contributed by atoms with Crippen molar-refractivity contribution in [3.05, 3.63) is 47.3 Å². The third-order valence-corrected chi connectivity index (χ3v) is 3.40. The second-order valence-corrected chi connectivity index (χ2v) is 4.91. The second-order valence-electron chi connectivity index (χ2n) is 4.91. The Morgan fingerprint density at radius 3 is 2.67 bits per heavy atom. The van der Waals surface area contributed by atoms with Crippen LogP contribution in [0.3, 0.4) is 0 Å². The number of nitrogens with one attached hydrogen (secondary N) is 1. The predicted octanol–water partition coefficient (Wildman–Crippen LogP) is 1.59. The minimum absolute atomic E-state index is 0.0715. The van der Waals surface area contributed by atoms with Gasteiger partial charge in [-0.15, -0.1) is 0 Å². The van der Waals surface area contributed by atoms with E-state index in [0.29, 0.717) is 13.2 Å². The molecule has 0 saturated heterocycles. The van der Waals surface area contributed by atoms with Gasteiger partial charge in [0.15, 0.2) is 0 Å². The summed E-state index contributed by atoms with van der Waals surface area (Å²) in [5, 5.41) is 16.6. The van der Waals surface area contributed by atoms with Crippen molar-refractivity contribution in [1.82, 2.24) is 15.1 Å². The van der Waals surface area contributed by atoms with E-state index in [9.17, 15) is 0 Å². The first-order chi connectivity index (χ1) is 10.2. The molecule has 0 fully saturated rings. The molecule has 0 unspecified atom stereocenters. The smallest absolute Gasteiger partial charge is 0.0698 e. The van der Waals surface area contributed by atoms with Crippen LogP contribution in [0.15, 0.2) is 30.3 Å². The largest absolute Gasteiger partial charge is 0.394 e. The average Bonchev–Trinajstić information content (AvgIpc) is 2.79. The highest BCUT2D eigenvalue weighted by molar-refractivity contribution is 5.36. The van der Waals surface area contributed by atoms with Crippen molar-refractivity contribution in [3.63, 3.8) is 0 Å². The van der Waals surface area contributed by atoms with Crippen molar-refractivity contribution in [2.45, 2.75) is 20.4 Å². The van der Waals surface area contributed by atoms with Crippen molar-refractivity contribution < 1.29 is 9.84 Å². The molecule has 0 aliphatic rings. The zero-order chi connectivity index (χ0) is 15.1. The van der Waals surface area contributed by atoms with Crippen LogP contribution in [0.4, 0.5) is 0 Å². The summed E-state index contributed by atoms with van der Waals surface area (Å²) in [7, 11) is 0. The van der Waals surface area contributed by atoms with Crippen LogP contribution in [0.2, 0.25) is 0 Å². The number of hydrogen-bond donors (Lipinski definition) is 2. The Hall–Kier alpha value is -1.69. The van der Waals surface area contributed by atoms with E-state index in [4.69, 9.17) is 9.84 Å². The molecular formula is C16H23N3O2. The van der Waals surface area contributed by atoms with E-state index in [2.05, 4.69) is 29.5 Å². The lowest BCUT2D eigenvalue weighted by molar-refractivity contribution is 0.0938. The quantitative estimate of drug-likeness (QED) is 0.725. The van der Waals surface area contributed by atoms with Gasteiger partial charge in [0.1, 0.15) is 0 Å². The molecule has 0 aliphatic carbocycles. The first kappa shape index (κ1) is 15.7. The fourth-order valence-electron chi connectivity index (χ4n) is 2.28. The molecular weight excluding hydrogens is 266 g/mol. The fraction of sp³-hybridized carbons (Fsp3) is 0.438. The van der Waals surface area contributed by atoms with Gasteiger partial charge in [-0.1, -0.05) is 18.2 Å². The summed E-state index contributed by atoms with van der Waals surface area (Å²) in [6, 6.07) is 10.1. The molecule has 0 radical (unpaired) electrons. The third-order valence-electron chi connectivity index (χ3n) is 3.40. The predicted molar refractivity (Wildman–Crippen MR) is 82.6 cm³/mol. The number of para-hydroxylation sites is 1. The van der Waals surface area contributed by atoms with Gasteiger partial charge in [0.05, 0.1) is 31.2 Å². The number of nitrogens with zero attached hydrogens (tertiary/aromatic N) is 2. The zero-order valence-corrected chi connectivity index (χ0v) is 12.7. The van der Waals surface area contributed by atoms with E-state index in [1.165, 1.54) is 5.56 Å². The summed E-state index contributed by atoms with van der Waals surface area (Å²) in [6.45, 7) is 6.72. The number of ether oxygens (including phenoxy) is 1. The molecule has 1 aromatic carbocycles. The molecule has 5 nitrogen and oxygen atoms in total. The molecule has 0 aliphatic heterocycles. The monoisotopic (exact) mass is 289 g/mol. The first-order valence-corrected chi connectivity index (χ1v) is 7.24. The molecule has 0 spiro atoms. The summed E-state index contributed by atoms with van der Waals surface area (Å²) in [5.41, 5.74) is 4.50. The van der Waals surface area contributed by atoms with Gasteiger partial charge in [0.2, 0.25) is 0 Å². The van der Waals surface area contributed by atoms with Crippen LogP contribution >= 0.6 is 0 Å². The van der Waals surface area contributed by atoms with Gasteiger partial charge in [-0.05, 0) is 26.0 Å². The van der Waals surface area contributed by atoms with Crippen LogP contribution in [-0.2, 0) is 11.3 Å². The average molecular weight is 289 g/mol. The highest BCUT2D eigenvalue weighted by Crippen LogP contribution is 2.17. The minimum Gasteiger partial charge on any atom is -0.394 e. The number of aromatic nitrogens is 2. The van der Waals surface area contributed by atoms with Crippen LogP contribution in [0.5, 0.6) is 0 Å². The zero-order valence-electron chi connectivity index (χ0n) is 12.7. The Balaban J connectivity index is 1.96. The van der Waals surface area contributed by atoms with Gasteiger partial charge in [-0.2, -0.15) is 5.10 Å². The number of hydrogen-bond acceptors (Lipinski definition) is 4. The Kier molecular flexibility index (Phi) is 5.92. The molecule has 0 saturated carbocycles. The summed E-state index contributed by atoms with van der Waals surface area (Å²) >= 11 is 0. The first-order valence-electron chi connectivity index (χ1n) is 7.24. The van der Waals surface area contributed by atoms with Crippen molar-refractivity contribution in [3.8, 4) is 5.69 Å². The normalized spacial score (nSPS) is 11.0. The molecule has 2 rings (SSSR count). The molecule has 0 amide bonds. The van der Waals surface area contributed by atoms with Gasteiger partial charge >= 0.3 is 0 Å². The SMILES string of the molecule is Cc1nn(-c2ccccc2)c(C)c1CNCCOCCO. The molecule has 114 valence electrons. The molecule has 5 heteroatoms. The Morgan fingerprint density at radius 2 is 1.95 bits per heavy atom. The van der Waals surface area contributed by atoms with Crippen molar-refractivity contribution in [2.75, 3.05) is 26.4 Å². The number of benzene rings is 1. The molecule has 2 aromatic rings. The van der Waals surface area contributed by atoms with Crippen molar-refractivity contribution in [1.29, 1.82) is 0 Å². The molecule has 1 aromatic heterocycles. The third kappa shape index (κ3) is 4.14. The lowest BCUT2D eigenvalue weighted by Gasteiger charge is -2.07. The summed E-state index contributed by atoms with van der Waals surface area (Å²) in [5.74, 6) is 0. The van der Waals surface area contributed by atoms with E-state index in [1.54, 1.807) is 0 Å². The topological polar surface area (TPSA) is 59.3 Å². The lowest BCUT2D eigenvalue weighted by Crippen LogP contribution is -2.20. The van der Waals surface area contributed by atoms with Crippen molar-refractivity contribution in [2.24, 2.45) is 0 Å². The highest BCUT2D eigenvalue weighted by atomic mass is 16.5. The minimum atomic E-state index is 0.0715. The van der Waals surface area contributed by atoms with E-state index in [-0.39, 0.29) is 6.61 Å². The van der Waals surface area contributed by atoms with Gasteiger partial charge in [-0.3, -0.25) is 0 Å². The molecule has 21 heavy (non-hydrogen) atoms. The van der Waals surface area contributed by atoms with Crippen molar-refractivity contribution >= 4 is 0 Å². The Bertz CT molecular complexity index is 552. The number of aryl methyl sites for hydroxylation is 1. The van der Waals surface area contributed by atoms with Crippen LogP contribution < -0.4 is 5.32 Å². The molecule has 2 N–H and O–H groups in total. The van der Waals surface area contributed by atoms with Gasteiger partial charge in [0.25, 0.3) is 0 Å². The van der Waals surface area contributed by atoms with Crippen LogP contribution in [0, 0.1) is 13.8 Å². The molecule has 1 heterocycles. The molecule has 0 atom stereocenters. The van der Waals surface area contributed by atoms with E-state index < -0.39 is 0 Å². The Labute approximate surface area is 125 Å². The summed E-state index contributed by atoms with van der Waals surface area (Å²) in [4.78, 5) is 0. The van der Waals surface area contributed by atoms with Gasteiger partial charge in [-0.25, -0.2) is 4.68 Å². The molecule has 0 bridgehead atoms. The van der Waals surface area contributed by atoms with Crippen LogP contribution in [0.25, 0.3) is 5.69 Å². The lowest BCUT2D eigenvalue weighted by atomic mass is 10.2. The maximum atomic E-state index is 8.63. The number of aliphatic hydroxyl groups excluding tert-OH is 1.